The number of H-pyrrole nitrogens is 6. The van der Waals surface area contributed by atoms with Gasteiger partial charge in [0.2, 0.25) is 0 Å². The van der Waals surface area contributed by atoms with E-state index in [1.165, 1.54) is 0 Å². The van der Waals surface area contributed by atoms with Gasteiger partial charge in [-0.3, -0.25) is 15.0 Å². The van der Waals surface area contributed by atoms with Gasteiger partial charge in [-0.1, -0.05) is 146 Å². The van der Waals surface area contributed by atoms with Gasteiger partial charge < -0.3 is 30.3 Å². The van der Waals surface area contributed by atoms with E-state index < -0.39 is 0 Å². The van der Waals surface area contributed by atoms with Gasteiger partial charge in [-0.05, 0) is 36.4 Å². The van der Waals surface area contributed by atoms with Crippen molar-refractivity contribution >= 4 is 53.3 Å². The molecule has 0 fully saturated rings. The van der Waals surface area contributed by atoms with Crippen molar-refractivity contribution in [3.05, 3.63) is 213 Å². The molecule has 6 aromatic heterocycles. The smallest absolute Gasteiger partial charge is 0.507 e. The van der Waals surface area contributed by atoms with Crippen LogP contribution in [0.5, 0.6) is 17.2 Å². The average molecular weight is 980 g/mol. The molecule has 0 aliphatic carbocycles. The summed E-state index contributed by atoms with van der Waals surface area (Å²) in [6.45, 7) is 0. The molecule has 15 nitrogen and oxygen atoms in total. The summed E-state index contributed by atoms with van der Waals surface area (Å²) in [6, 6.07) is 55.8. The van der Waals surface area contributed by atoms with Crippen molar-refractivity contribution in [3.63, 3.8) is 0 Å². The van der Waals surface area contributed by atoms with E-state index >= 15 is 0 Å². The zero-order chi connectivity index (χ0) is 47.4. The normalized spacial score (nSPS) is 10.8. The molecule has 0 saturated carbocycles. The van der Waals surface area contributed by atoms with Gasteiger partial charge in [-0.25, -0.2) is 29.3 Å². The first kappa shape index (κ1) is 45.8. The van der Waals surface area contributed by atoms with Gasteiger partial charge >= 0.3 is 36.9 Å². The van der Waals surface area contributed by atoms with Crippen LogP contribution < -0.4 is 17.1 Å². The van der Waals surface area contributed by atoms with Crippen molar-refractivity contribution in [1.29, 1.82) is 0 Å². The molecule has 6 heterocycles. The molecule has 16 heteroatoms. The van der Waals surface area contributed by atoms with Gasteiger partial charge in [0.05, 0.1) is 33.6 Å². The van der Waals surface area contributed by atoms with Gasteiger partial charge in [0.1, 0.15) is 17.2 Å². The summed E-state index contributed by atoms with van der Waals surface area (Å²) in [5, 5.41) is 30.6. The largest absolute Gasteiger partial charge is 3.00 e. The minimum Gasteiger partial charge on any atom is -0.507 e. The van der Waals surface area contributed by atoms with Crippen molar-refractivity contribution in [1.82, 2.24) is 44.9 Å². The summed E-state index contributed by atoms with van der Waals surface area (Å²) < 4.78 is 0. The third-order valence-electron chi connectivity index (χ3n) is 11.2. The Kier molecular flexibility index (Phi) is 13.0. The number of hydrogen-bond donors (Lipinski definition) is 9. The van der Waals surface area contributed by atoms with E-state index in [1.807, 2.05) is 146 Å². The second-order valence-electron chi connectivity index (χ2n) is 15.7. The fourth-order valence-corrected chi connectivity index (χ4v) is 8.06. The van der Waals surface area contributed by atoms with E-state index in [-0.39, 0.29) is 54.1 Å². The molecule has 0 bridgehead atoms. The van der Waals surface area contributed by atoms with Crippen LogP contribution in [0, 0.1) is 0 Å². The van der Waals surface area contributed by atoms with Crippen LogP contribution in [0.2, 0.25) is 0 Å². The standard InChI is InChI=1S/3C18H13N3O2.Ga/c3*22-15-9-5-4-8-12(15)13-10-14-17(21-18(23)19-14)20-16(13)11-6-2-1-3-7-11;/h3*1-10,22H,(H2,19,20,21,23);/q;;;+3. The maximum atomic E-state index is 11.6. The molecule has 12 aromatic rings. The maximum Gasteiger partial charge on any atom is 3.00 e. The van der Waals surface area contributed by atoms with Crippen molar-refractivity contribution in [2.24, 2.45) is 0 Å². The Bertz CT molecular complexity index is 3570. The fraction of sp³-hybridized carbons (Fsp3) is 0. The van der Waals surface area contributed by atoms with Gasteiger partial charge in [-0.2, -0.15) is 0 Å². The van der Waals surface area contributed by atoms with Crippen molar-refractivity contribution in [2.45, 2.75) is 0 Å². The number of fused-ring (bicyclic) bond motifs is 3. The number of aromatic amines is 6. The van der Waals surface area contributed by atoms with Gasteiger partial charge in [0, 0.05) is 50.1 Å². The molecule has 12 rings (SSSR count). The zero-order valence-electron chi connectivity index (χ0n) is 36.8. The number of nitrogens with one attached hydrogen (secondary N) is 6. The molecule has 336 valence electrons. The number of para-hydroxylation sites is 3. The quantitative estimate of drug-likeness (QED) is 0.0719. The van der Waals surface area contributed by atoms with Crippen LogP contribution in [-0.2, 0) is 0 Å². The SMILES string of the molecule is O=c1[nH]c2cc(-c3ccccc3O)c(-c3ccccc3)nc2[nH]1.O=c1[nH]c2cc(-c3ccccc3O)c(-c3ccccc3)nc2[nH]1.O=c1[nH]c2cc(-c3ccccc3O)c(-c3ccccc3)nc2[nH]1.[Ga+3]. The summed E-state index contributed by atoms with van der Waals surface area (Å²) >= 11 is 0. The number of aromatic hydroxyl groups is 3. The number of pyridine rings is 3. The topological polar surface area (TPSA) is 245 Å². The number of imidazole rings is 3. The molecule has 0 saturated heterocycles. The number of hydrogen-bond acceptors (Lipinski definition) is 9. The molecular weight excluding hydrogens is 940 g/mol. The van der Waals surface area contributed by atoms with Crippen LogP contribution in [0.1, 0.15) is 0 Å². The molecule has 0 unspecified atom stereocenters. The summed E-state index contributed by atoms with van der Waals surface area (Å²) in [5.41, 5.74) is 11.5. The van der Waals surface area contributed by atoms with E-state index in [0.29, 0.717) is 67.3 Å². The average Bonchev–Trinajstić information content (AvgIpc) is 4.07. The third-order valence-corrected chi connectivity index (χ3v) is 11.2. The Morgan fingerprint density at radius 1 is 0.300 bits per heavy atom. The van der Waals surface area contributed by atoms with Crippen LogP contribution >= 0.6 is 0 Å². The molecule has 0 aliphatic heterocycles. The monoisotopic (exact) mass is 978 g/mol. The second-order valence-corrected chi connectivity index (χ2v) is 15.7. The minimum absolute atomic E-state index is 0. The predicted molar refractivity (Wildman–Crippen MR) is 274 cm³/mol. The van der Waals surface area contributed by atoms with Crippen molar-refractivity contribution < 1.29 is 15.3 Å². The number of phenolic OH excluding ortho intramolecular Hbond substituents is 3. The van der Waals surface area contributed by atoms with Crippen LogP contribution in [0.25, 0.3) is 101 Å². The molecule has 70 heavy (non-hydrogen) atoms. The van der Waals surface area contributed by atoms with E-state index in [9.17, 15) is 29.7 Å². The fourth-order valence-electron chi connectivity index (χ4n) is 8.06. The molecule has 0 radical (unpaired) electrons. The number of phenols is 3. The molecule has 0 spiro atoms. The van der Waals surface area contributed by atoms with Crippen LogP contribution in [0.4, 0.5) is 0 Å². The summed E-state index contributed by atoms with van der Waals surface area (Å²) in [5.74, 6) is 0.510. The maximum absolute atomic E-state index is 11.6. The van der Waals surface area contributed by atoms with Crippen molar-refractivity contribution in [2.75, 3.05) is 0 Å². The molecule has 0 amide bonds. The Hall–Kier alpha value is -9.38. The summed E-state index contributed by atoms with van der Waals surface area (Å²) in [7, 11) is 0. The van der Waals surface area contributed by atoms with Gasteiger partial charge in [-0.15, -0.1) is 0 Å². The summed E-state index contributed by atoms with van der Waals surface area (Å²) in [6.07, 6.45) is 0. The molecule has 0 aliphatic rings. The molecular formula is C54H39GaN9O6+3. The molecule has 0 atom stereocenters. The first-order valence-electron chi connectivity index (χ1n) is 21.6. The molecule has 6 aromatic carbocycles. The number of aromatic nitrogens is 9. The Morgan fingerprint density at radius 3 is 0.800 bits per heavy atom. The second kappa shape index (κ2) is 19.8. The van der Waals surface area contributed by atoms with Crippen LogP contribution in [0.3, 0.4) is 0 Å². The van der Waals surface area contributed by atoms with Crippen LogP contribution in [0.15, 0.2) is 196 Å². The predicted octanol–water partition coefficient (Wildman–Crippen LogP) is 9.49. The molecule has 9 N–H and O–H groups in total. The van der Waals surface area contributed by atoms with Gasteiger partial charge in [0.25, 0.3) is 0 Å². The van der Waals surface area contributed by atoms with Crippen LogP contribution in [-0.4, -0.2) is 80.0 Å². The Labute approximate surface area is 409 Å². The Morgan fingerprint density at radius 2 is 0.543 bits per heavy atom. The van der Waals surface area contributed by atoms with E-state index in [0.717, 1.165) is 33.4 Å². The first-order valence-corrected chi connectivity index (χ1v) is 21.6. The summed E-state index contributed by atoms with van der Waals surface area (Å²) in [4.78, 5) is 64.6. The number of benzene rings is 6. The Balaban J connectivity index is 0.000000129. The zero-order valence-corrected chi connectivity index (χ0v) is 39.2. The van der Waals surface area contributed by atoms with E-state index in [4.69, 9.17) is 0 Å². The first-order chi connectivity index (χ1) is 33.7. The minimum atomic E-state index is -0.305. The number of rotatable bonds is 6. The third kappa shape index (κ3) is 9.43. The van der Waals surface area contributed by atoms with Gasteiger partial charge in [0.15, 0.2) is 16.9 Å². The van der Waals surface area contributed by atoms with E-state index in [2.05, 4.69) is 44.9 Å². The van der Waals surface area contributed by atoms with Crippen molar-refractivity contribution in [3.8, 4) is 84.4 Å². The number of nitrogens with zero attached hydrogens (tertiary/aromatic N) is 3. The van der Waals surface area contributed by atoms with E-state index in [1.54, 1.807) is 36.4 Å².